The van der Waals surface area contributed by atoms with Crippen molar-refractivity contribution < 1.29 is 9.53 Å². The molecule has 1 aliphatic rings. The van der Waals surface area contributed by atoms with Crippen LogP contribution in [0.1, 0.15) is 20.8 Å². The molecular weight excluding hydrogens is 178 g/mol. The smallest absolute Gasteiger partial charge is 0.413 e. The highest BCUT2D eigenvalue weighted by atomic mass is 16.5. The van der Waals surface area contributed by atoms with Crippen molar-refractivity contribution >= 4 is 6.09 Å². The minimum atomic E-state index is -0.314. The highest BCUT2D eigenvalue weighted by Crippen LogP contribution is 2.28. The second kappa shape index (κ2) is 3.86. The molecule has 1 heterocycles. The Kier molecular flexibility index (Phi) is 2.99. The van der Waals surface area contributed by atoms with Crippen LogP contribution in [0.25, 0.3) is 0 Å². The van der Waals surface area contributed by atoms with Gasteiger partial charge in [0.25, 0.3) is 0 Å². The zero-order valence-corrected chi connectivity index (χ0v) is 9.20. The van der Waals surface area contributed by atoms with E-state index in [4.69, 9.17) is 0 Å². The Hall–Kier alpha value is -1.25. The fourth-order valence-corrected chi connectivity index (χ4v) is 1.30. The fourth-order valence-electron chi connectivity index (χ4n) is 1.30. The average molecular weight is 195 g/mol. The van der Waals surface area contributed by atoms with Gasteiger partial charge in [-0.25, -0.2) is 4.79 Å². The lowest BCUT2D eigenvalue weighted by atomic mass is 9.85. The number of allylic oxidation sites excluding steroid dienone is 2. The van der Waals surface area contributed by atoms with Crippen LogP contribution in [0.4, 0.5) is 4.79 Å². The van der Waals surface area contributed by atoms with Gasteiger partial charge in [-0.05, 0) is 17.1 Å². The van der Waals surface area contributed by atoms with Gasteiger partial charge in [0.15, 0.2) is 0 Å². The Bertz CT molecular complexity index is 284. The van der Waals surface area contributed by atoms with Gasteiger partial charge in [0.2, 0.25) is 0 Å². The van der Waals surface area contributed by atoms with Gasteiger partial charge >= 0.3 is 6.09 Å². The van der Waals surface area contributed by atoms with Crippen LogP contribution in [0, 0.1) is 5.41 Å². The molecule has 0 unspecified atom stereocenters. The molecular formula is C11H17NO2. The van der Waals surface area contributed by atoms with Gasteiger partial charge in [-0.1, -0.05) is 26.8 Å². The maximum atomic E-state index is 11.1. The zero-order chi connectivity index (χ0) is 10.8. The van der Waals surface area contributed by atoms with E-state index in [9.17, 15) is 4.79 Å². The van der Waals surface area contributed by atoms with Gasteiger partial charge in [0, 0.05) is 12.7 Å². The van der Waals surface area contributed by atoms with Crippen molar-refractivity contribution in [2.24, 2.45) is 5.41 Å². The second-order valence-corrected chi connectivity index (χ2v) is 4.35. The summed E-state index contributed by atoms with van der Waals surface area (Å²) >= 11 is 0. The molecule has 0 spiro atoms. The molecule has 3 heteroatoms. The first-order valence-electron chi connectivity index (χ1n) is 4.68. The molecule has 78 valence electrons. The van der Waals surface area contributed by atoms with E-state index in [2.05, 4.69) is 31.6 Å². The van der Waals surface area contributed by atoms with E-state index in [1.54, 1.807) is 6.20 Å². The lowest BCUT2D eigenvalue weighted by Gasteiger charge is -2.26. The number of methoxy groups -OCH3 is 1. The van der Waals surface area contributed by atoms with E-state index in [1.165, 1.54) is 17.6 Å². The Morgan fingerprint density at radius 1 is 1.50 bits per heavy atom. The minimum Gasteiger partial charge on any atom is -0.452 e. The summed E-state index contributed by atoms with van der Waals surface area (Å²) in [7, 11) is 1.39. The van der Waals surface area contributed by atoms with Crippen molar-refractivity contribution in [2.45, 2.75) is 20.8 Å². The Balaban J connectivity index is 2.67. The molecule has 0 saturated heterocycles. The summed E-state index contributed by atoms with van der Waals surface area (Å²) < 4.78 is 4.62. The summed E-state index contributed by atoms with van der Waals surface area (Å²) in [5.41, 5.74) is 1.39. The zero-order valence-electron chi connectivity index (χ0n) is 9.20. The number of rotatable bonds is 0. The van der Waals surface area contributed by atoms with Crippen LogP contribution < -0.4 is 0 Å². The number of ether oxygens (including phenoxy) is 1. The van der Waals surface area contributed by atoms with Crippen molar-refractivity contribution in [3.63, 3.8) is 0 Å². The van der Waals surface area contributed by atoms with Crippen LogP contribution in [-0.4, -0.2) is 24.6 Å². The molecule has 0 aromatic heterocycles. The molecule has 0 radical (unpaired) electrons. The Morgan fingerprint density at radius 3 is 2.50 bits per heavy atom. The molecule has 1 aliphatic heterocycles. The third-order valence-corrected chi connectivity index (χ3v) is 2.22. The SMILES string of the molecule is COC(=O)N1C=CC(C(C)(C)C)=CC1. The normalized spacial score (nSPS) is 16.6. The van der Waals surface area contributed by atoms with Gasteiger partial charge in [0.1, 0.15) is 0 Å². The third-order valence-electron chi connectivity index (χ3n) is 2.22. The summed E-state index contributed by atoms with van der Waals surface area (Å²) in [6.07, 6.45) is 5.47. The summed E-state index contributed by atoms with van der Waals surface area (Å²) in [6.45, 7) is 7.04. The van der Waals surface area contributed by atoms with Gasteiger partial charge < -0.3 is 4.74 Å². The summed E-state index contributed by atoms with van der Waals surface area (Å²) in [4.78, 5) is 12.7. The minimum absolute atomic E-state index is 0.138. The number of carbonyl (C=O) groups excluding carboxylic acids is 1. The van der Waals surface area contributed by atoms with Gasteiger partial charge in [-0.15, -0.1) is 0 Å². The third kappa shape index (κ3) is 2.37. The molecule has 0 fully saturated rings. The van der Waals surface area contributed by atoms with Crippen molar-refractivity contribution in [1.82, 2.24) is 4.90 Å². The van der Waals surface area contributed by atoms with Gasteiger partial charge in [-0.2, -0.15) is 0 Å². The van der Waals surface area contributed by atoms with Crippen molar-refractivity contribution in [1.29, 1.82) is 0 Å². The molecule has 0 aliphatic carbocycles. The number of nitrogens with zero attached hydrogens (tertiary/aromatic N) is 1. The highest BCUT2D eigenvalue weighted by molar-refractivity contribution is 5.69. The van der Waals surface area contributed by atoms with E-state index in [0.29, 0.717) is 6.54 Å². The first kappa shape index (κ1) is 10.8. The van der Waals surface area contributed by atoms with Crippen LogP contribution in [-0.2, 0) is 4.74 Å². The highest BCUT2D eigenvalue weighted by Gasteiger charge is 2.19. The van der Waals surface area contributed by atoms with Gasteiger partial charge in [-0.3, -0.25) is 4.90 Å². The van der Waals surface area contributed by atoms with Crippen molar-refractivity contribution in [2.75, 3.05) is 13.7 Å². The van der Waals surface area contributed by atoms with Crippen LogP contribution in [0.3, 0.4) is 0 Å². The van der Waals surface area contributed by atoms with Crippen molar-refractivity contribution in [3.8, 4) is 0 Å². The topological polar surface area (TPSA) is 29.5 Å². The molecule has 14 heavy (non-hydrogen) atoms. The summed E-state index contributed by atoms with van der Waals surface area (Å²) in [5.74, 6) is 0. The van der Waals surface area contributed by atoms with Crippen LogP contribution in [0.2, 0.25) is 0 Å². The molecule has 0 atom stereocenters. The first-order chi connectivity index (χ1) is 6.45. The standard InChI is InChI=1S/C11H17NO2/c1-11(2,3)9-5-7-12(8-6-9)10(13)14-4/h5-7H,8H2,1-4H3. The monoisotopic (exact) mass is 195 g/mol. The van der Waals surface area contributed by atoms with Crippen LogP contribution >= 0.6 is 0 Å². The number of amides is 1. The fraction of sp³-hybridized carbons (Fsp3) is 0.545. The maximum absolute atomic E-state index is 11.1. The first-order valence-corrected chi connectivity index (χ1v) is 4.68. The van der Waals surface area contributed by atoms with Crippen LogP contribution in [0.15, 0.2) is 23.9 Å². The average Bonchev–Trinajstić information content (AvgIpc) is 2.15. The molecule has 0 saturated carbocycles. The van der Waals surface area contributed by atoms with Crippen molar-refractivity contribution in [3.05, 3.63) is 23.9 Å². The van der Waals surface area contributed by atoms with E-state index in [1.807, 2.05) is 6.08 Å². The summed E-state index contributed by atoms with van der Waals surface area (Å²) in [6, 6.07) is 0. The molecule has 0 aromatic rings. The van der Waals surface area contributed by atoms with E-state index < -0.39 is 0 Å². The maximum Gasteiger partial charge on any atom is 0.413 e. The Labute approximate surface area is 85.0 Å². The lowest BCUT2D eigenvalue weighted by molar-refractivity contribution is 0.142. The predicted molar refractivity (Wildman–Crippen MR) is 55.8 cm³/mol. The second-order valence-electron chi connectivity index (χ2n) is 4.35. The molecule has 0 aromatic carbocycles. The Morgan fingerprint density at radius 2 is 2.14 bits per heavy atom. The lowest BCUT2D eigenvalue weighted by Crippen LogP contribution is -2.28. The van der Waals surface area contributed by atoms with E-state index in [0.717, 1.165) is 0 Å². The molecule has 0 bridgehead atoms. The quantitative estimate of drug-likeness (QED) is 0.594. The van der Waals surface area contributed by atoms with Crippen LogP contribution in [0.5, 0.6) is 0 Å². The molecule has 1 rings (SSSR count). The molecule has 1 amide bonds. The predicted octanol–water partition coefficient (Wildman–Crippen LogP) is 2.55. The number of hydrogen-bond acceptors (Lipinski definition) is 2. The molecule has 0 N–H and O–H groups in total. The molecule has 3 nitrogen and oxygen atoms in total. The summed E-state index contributed by atoms with van der Waals surface area (Å²) in [5, 5.41) is 0. The van der Waals surface area contributed by atoms with E-state index >= 15 is 0 Å². The number of carbonyl (C=O) groups is 1. The number of hydrogen-bond donors (Lipinski definition) is 0. The largest absolute Gasteiger partial charge is 0.452 e. The van der Waals surface area contributed by atoms with E-state index in [-0.39, 0.29) is 11.5 Å². The van der Waals surface area contributed by atoms with Gasteiger partial charge in [0.05, 0.1) is 7.11 Å².